The maximum Gasteiger partial charge on any atom is 0.263 e. The van der Waals surface area contributed by atoms with Crippen molar-refractivity contribution in [3.8, 4) is 0 Å². The Labute approximate surface area is 138 Å². The third-order valence-corrected chi connectivity index (χ3v) is 4.85. The van der Waals surface area contributed by atoms with E-state index >= 15 is 0 Å². The first kappa shape index (κ1) is 17.2. The lowest BCUT2D eigenvalue weighted by Gasteiger charge is -2.12. The van der Waals surface area contributed by atoms with Crippen LogP contribution < -0.4 is 10.0 Å². The zero-order valence-electron chi connectivity index (χ0n) is 12.4. The predicted molar refractivity (Wildman–Crippen MR) is 87.7 cm³/mol. The van der Waals surface area contributed by atoms with Gasteiger partial charge in [0.1, 0.15) is 10.7 Å². The highest BCUT2D eigenvalue weighted by atomic mass is 35.5. The van der Waals surface area contributed by atoms with Crippen LogP contribution in [0.1, 0.15) is 12.5 Å². The lowest BCUT2D eigenvalue weighted by atomic mass is 10.2. The highest BCUT2D eigenvalue weighted by Gasteiger charge is 2.19. The number of sulfonamides is 1. The van der Waals surface area contributed by atoms with Crippen molar-refractivity contribution >= 4 is 38.9 Å². The minimum absolute atomic E-state index is 0.216. The zero-order chi connectivity index (χ0) is 17.2. The van der Waals surface area contributed by atoms with Gasteiger partial charge in [-0.1, -0.05) is 17.7 Å². The molecule has 0 aromatic heterocycles. The molecule has 0 radical (unpaired) electrons. The number of hydrogen-bond donors (Lipinski definition) is 2. The molecule has 0 saturated carbocycles. The van der Waals surface area contributed by atoms with Gasteiger partial charge in [0.2, 0.25) is 5.91 Å². The van der Waals surface area contributed by atoms with E-state index in [-0.39, 0.29) is 21.5 Å². The zero-order valence-corrected chi connectivity index (χ0v) is 13.9. The molecule has 0 fully saturated rings. The Bertz CT molecular complexity index is 869. The topological polar surface area (TPSA) is 75.3 Å². The molecule has 0 aliphatic rings. The predicted octanol–water partition coefficient (Wildman–Crippen LogP) is 3.55. The number of carbonyl (C=O) groups excluding carboxylic acids is 1. The summed E-state index contributed by atoms with van der Waals surface area (Å²) in [5.74, 6) is -0.896. The van der Waals surface area contributed by atoms with Crippen molar-refractivity contribution in [1.82, 2.24) is 0 Å². The number of hydrogen-bond acceptors (Lipinski definition) is 3. The number of aryl methyl sites for hydroxylation is 1. The number of carbonyl (C=O) groups is 1. The van der Waals surface area contributed by atoms with Crippen LogP contribution >= 0.6 is 11.6 Å². The summed E-state index contributed by atoms with van der Waals surface area (Å²) < 4.78 is 40.1. The lowest BCUT2D eigenvalue weighted by Crippen LogP contribution is -2.14. The number of rotatable bonds is 4. The summed E-state index contributed by atoms with van der Waals surface area (Å²) in [5.41, 5.74) is 1.52. The number of halogens is 2. The van der Waals surface area contributed by atoms with Crippen LogP contribution in [0.4, 0.5) is 15.8 Å². The van der Waals surface area contributed by atoms with E-state index < -0.39 is 15.8 Å². The fourth-order valence-electron chi connectivity index (χ4n) is 1.91. The van der Waals surface area contributed by atoms with Gasteiger partial charge < -0.3 is 5.32 Å². The van der Waals surface area contributed by atoms with E-state index in [1.54, 1.807) is 19.1 Å². The quantitative estimate of drug-likeness (QED) is 0.879. The Morgan fingerprint density at radius 3 is 2.48 bits per heavy atom. The molecule has 2 N–H and O–H groups in total. The van der Waals surface area contributed by atoms with Crippen molar-refractivity contribution in [3.63, 3.8) is 0 Å². The molecule has 122 valence electrons. The summed E-state index contributed by atoms with van der Waals surface area (Å²) in [6.07, 6.45) is 0. The molecule has 2 aromatic rings. The maximum atomic E-state index is 13.0. The second kappa shape index (κ2) is 6.55. The molecule has 23 heavy (non-hydrogen) atoms. The van der Waals surface area contributed by atoms with Crippen LogP contribution in [0.25, 0.3) is 0 Å². The fourth-order valence-corrected chi connectivity index (χ4v) is 3.50. The number of anilines is 2. The highest BCUT2D eigenvalue weighted by molar-refractivity contribution is 7.92. The largest absolute Gasteiger partial charge is 0.326 e. The van der Waals surface area contributed by atoms with Crippen LogP contribution in [0.3, 0.4) is 0 Å². The number of benzene rings is 2. The molecule has 0 bridgehead atoms. The maximum absolute atomic E-state index is 13.0. The van der Waals surface area contributed by atoms with Crippen molar-refractivity contribution < 1.29 is 17.6 Å². The average molecular weight is 357 g/mol. The molecule has 0 unspecified atom stereocenters. The summed E-state index contributed by atoms with van der Waals surface area (Å²) in [5, 5.41) is 2.39. The number of amides is 1. The molecule has 5 nitrogen and oxygen atoms in total. The lowest BCUT2D eigenvalue weighted by molar-refractivity contribution is -0.114. The summed E-state index contributed by atoms with van der Waals surface area (Å²) in [6.45, 7) is 3.13. The van der Waals surface area contributed by atoms with E-state index in [0.29, 0.717) is 5.69 Å². The molecule has 0 aliphatic heterocycles. The highest BCUT2D eigenvalue weighted by Crippen LogP contribution is 2.26. The van der Waals surface area contributed by atoms with E-state index in [2.05, 4.69) is 10.0 Å². The smallest absolute Gasteiger partial charge is 0.263 e. The summed E-state index contributed by atoms with van der Waals surface area (Å²) in [7, 11) is -3.98. The molecular weight excluding hydrogens is 343 g/mol. The van der Waals surface area contributed by atoms with Gasteiger partial charge in [-0.05, 0) is 42.8 Å². The van der Waals surface area contributed by atoms with Gasteiger partial charge in [-0.15, -0.1) is 0 Å². The first-order valence-electron chi connectivity index (χ1n) is 6.55. The molecule has 1 amide bonds. The monoisotopic (exact) mass is 356 g/mol. The van der Waals surface area contributed by atoms with Gasteiger partial charge in [-0.25, -0.2) is 12.8 Å². The average Bonchev–Trinajstić information content (AvgIpc) is 2.41. The molecular formula is C15H14ClFN2O3S. The molecule has 0 aliphatic carbocycles. The Balaban J connectivity index is 2.35. The molecule has 8 heteroatoms. The molecule has 0 atom stereocenters. The van der Waals surface area contributed by atoms with Crippen LogP contribution in [0, 0.1) is 12.7 Å². The molecule has 0 saturated heterocycles. The SMILES string of the molecule is CC(=O)Nc1cc(NS(=O)(=O)c2ccc(F)cc2Cl)ccc1C. The first-order chi connectivity index (χ1) is 10.7. The summed E-state index contributed by atoms with van der Waals surface area (Å²) in [6, 6.07) is 7.73. The van der Waals surface area contributed by atoms with E-state index in [0.717, 1.165) is 23.8 Å². The molecule has 2 rings (SSSR count). The van der Waals surface area contributed by atoms with Gasteiger partial charge in [-0.3, -0.25) is 9.52 Å². The van der Waals surface area contributed by atoms with Crippen molar-refractivity contribution in [1.29, 1.82) is 0 Å². The van der Waals surface area contributed by atoms with E-state index in [1.165, 1.54) is 13.0 Å². The minimum atomic E-state index is -3.98. The van der Waals surface area contributed by atoms with Gasteiger partial charge in [0.25, 0.3) is 10.0 Å². The van der Waals surface area contributed by atoms with Crippen LogP contribution in [0.2, 0.25) is 5.02 Å². The van der Waals surface area contributed by atoms with E-state index in [9.17, 15) is 17.6 Å². The third-order valence-electron chi connectivity index (χ3n) is 2.98. The van der Waals surface area contributed by atoms with Gasteiger partial charge in [0, 0.05) is 12.6 Å². The third kappa shape index (κ3) is 4.20. The second-order valence-corrected chi connectivity index (χ2v) is 6.95. The van der Waals surface area contributed by atoms with Crippen molar-refractivity contribution in [3.05, 3.63) is 52.8 Å². The first-order valence-corrected chi connectivity index (χ1v) is 8.41. The Morgan fingerprint density at radius 1 is 1.17 bits per heavy atom. The normalized spacial score (nSPS) is 11.1. The second-order valence-electron chi connectivity index (χ2n) is 4.89. The fraction of sp³-hybridized carbons (Fsp3) is 0.133. The van der Waals surface area contributed by atoms with E-state index in [4.69, 9.17) is 11.6 Å². The summed E-state index contributed by atoms with van der Waals surface area (Å²) >= 11 is 5.79. The molecule has 0 spiro atoms. The van der Waals surface area contributed by atoms with Gasteiger partial charge >= 0.3 is 0 Å². The minimum Gasteiger partial charge on any atom is -0.326 e. The standard InChI is InChI=1S/C15H14ClFN2O3S/c1-9-3-5-12(8-14(9)18-10(2)20)19-23(21,22)15-6-4-11(17)7-13(15)16/h3-8,19H,1-2H3,(H,18,20). The van der Waals surface area contributed by atoms with Crippen LogP contribution in [-0.4, -0.2) is 14.3 Å². The van der Waals surface area contributed by atoms with Crippen molar-refractivity contribution in [2.75, 3.05) is 10.0 Å². The van der Waals surface area contributed by atoms with Crippen LogP contribution in [0.15, 0.2) is 41.3 Å². The van der Waals surface area contributed by atoms with Crippen LogP contribution in [0.5, 0.6) is 0 Å². The van der Waals surface area contributed by atoms with Crippen molar-refractivity contribution in [2.45, 2.75) is 18.7 Å². The van der Waals surface area contributed by atoms with Crippen LogP contribution in [-0.2, 0) is 14.8 Å². The Kier molecular flexibility index (Phi) is 4.91. The van der Waals surface area contributed by atoms with Crippen molar-refractivity contribution in [2.24, 2.45) is 0 Å². The number of nitrogens with one attached hydrogen (secondary N) is 2. The Morgan fingerprint density at radius 2 is 1.87 bits per heavy atom. The molecule has 0 heterocycles. The molecule has 2 aromatic carbocycles. The van der Waals surface area contributed by atoms with E-state index in [1.807, 2.05) is 0 Å². The van der Waals surface area contributed by atoms with Gasteiger partial charge in [-0.2, -0.15) is 0 Å². The summed E-state index contributed by atoms with van der Waals surface area (Å²) in [4.78, 5) is 10.9. The van der Waals surface area contributed by atoms with Gasteiger partial charge in [0.15, 0.2) is 0 Å². The Hall–Kier alpha value is -2.12. The van der Waals surface area contributed by atoms with Gasteiger partial charge in [0.05, 0.1) is 10.7 Å².